The standard InChI is InChI=1S/C23H34N2O4.ClH/c1-18-3-7-20(8-4-18)24-23(26)10-6-19-5-9-21(22(17-19)27-2)29-16-13-25-11-14-28-15-12-25;/h5-6,9-10,17-18,20H,3-4,7-8,11-16H2,1-2H3,(H,24,26);1H. The quantitative estimate of drug-likeness (QED) is 0.629. The molecule has 2 fully saturated rings. The van der Waals surface area contributed by atoms with Crippen LogP contribution in [0, 0.1) is 5.92 Å². The molecule has 1 saturated carbocycles. The highest BCUT2D eigenvalue weighted by molar-refractivity contribution is 5.92. The number of nitrogens with one attached hydrogen (secondary N) is 1. The van der Waals surface area contributed by atoms with Gasteiger partial charge in [0.1, 0.15) is 6.61 Å². The molecule has 0 radical (unpaired) electrons. The van der Waals surface area contributed by atoms with Gasteiger partial charge in [-0.2, -0.15) is 0 Å². The lowest BCUT2D eigenvalue weighted by molar-refractivity contribution is -0.117. The lowest BCUT2D eigenvalue weighted by atomic mass is 9.87. The number of carbonyl (C=O) groups is 1. The van der Waals surface area contributed by atoms with Crippen LogP contribution in [0.4, 0.5) is 0 Å². The van der Waals surface area contributed by atoms with Gasteiger partial charge in [0.25, 0.3) is 0 Å². The molecule has 6 nitrogen and oxygen atoms in total. The van der Waals surface area contributed by atoms with Gasteiger partial charge in [-0.3, -0.25) is 9.69 Å². The van der Waals surface area contributed by atoms with Crippen LogP contribution in [-0.4, -0.2) is 63.4 Å². The van der Waals surface area contributed by atoms with Gasteiger partial charge in [-0.25, -0.2) is 0 Å². The number of amides is 1. The minimum atomic E-state index is -0.0330. The average Bonchev–Trinajstić information content (AvgIpc) is 2.75. The van der Waals surface area contributed by atoms with Gasteiger partial charge in [0.2, 0.25) is 5.91 Å². The summed E-state index contributed by atoms with van der Waals surface area (Å²) in [5, 5.41) is 3.11. The van der Waals surface area contributed by atoms with E-state index in [1.54, 1.807) is 13.2 Å². The number of rotatable bonds is 8. The fourth-order valence-electron chi connectivity index (χ4n) is 3.84. The van der Waals surface area contributed by atoms with Crippen LogP contribution in [0.5, 0.6) is 11.5 Å². The zero-order chi connectivity index (χ0) is 20.5. The second-order valence-corrected chi connectivity index (χ2v) is 8.01. The number of hydrogen-bond donors (Lipinski definition) is 1. The van der Waals surface area contributed by atoms with E-state index >= 15 is 0 Å². The van der Waals surface area contributed by atoms with Crippen LogP contribution in [-0.2, 0) is 9.53 Å². The van der Waals surface area contributed by atoms with Gasteiger partial charge in [0.05, 0.1) is 20.3 Å². The van der Waals surface area contributed by atoms with Crippen molar-refractivity contribution in [1.82, 2.24) is 10.2 Å². The molecule has 0 aromatic heterocycles. The summed E-state index contributed by atoms with van der Waals surface area (Å²) in [6, 6.07) is 6.05. The molecule has 0 spiro atoms. The van der Waals surface area contributed by atoms with Crippen LogP contribution in [0.25, 0.3) is 6.08 Å². The minimum Gasteiger partial charge on any atom is -0.493 e. The Balaban J connectivity index is 0.00000320. The summed E-state index contributed by atoms with van der Waals surface area (Å²) >= 11 is 0. The van der Waals surface area contributed by atoms with Gasteiger partial charge < -0.3 is 19.5 Å². The lowest BCUT2D eigenvalue weighted by Crippen LogP contribution is -2.38. The van der Waals surface area contributed by atoms with Gasteiger partial charge in [0, 0.05) is 31.8 Å². The number of hydrogen-bond acceptors (Lipinski definition) is 5. The molecule has 168 valence electrons. The molecule has 7 heteroatoms. The Morgan fingerprint density at radius 2 is 1.93 bits per heavy atom. The van der Waals surface area contributed by atoms with E-state index in [9.17, 15) is 4.79 Å². The van der Waals surface area contributed by atoms with E-state index < -0.39 is 0 Å². The van der Waals surface area contributed by atoms with Crippen molar-refractivity contribution in [2.45, 2.75) is 38.6 Å². The second kappa shape index (κ2) is 12.8. The predicted molar refractivity (Wildman–Crippen MR) is 122 cm³/mol. The van der Waals surface area contributed by atoms with Crippen molar-refractivity contribution in [1.29, 1.82) is 0 Å². The Kier molecular flexibility index (Phi) is 10.5. The maximum atomic E-state index is 12.2. The summed E-state index contributed by atoms with van der Waals surface area (Å²) < 4.78 is 16.7. The molecule has 1 aromatic carbocycles. The molecule has 1 aliphatic carbocycles. The second-order valence-electron chi connectivity index (χ2n) is 8.01. The number of morpholine rings is 1. The number of carbonyl (C=O) groups excluding carboxylic acids is 1. The first kappa shape index (κ1) is 24.5. The van der Waals surface area contributed by atoms with E-state index in [4.69, 9.17) is 14.2 Å². The first-order valence-electron chi connectivity index (χ1n) is 10.7. The maximum absolute atomic E-state index is 12.2. The maximum Gasteiger partial charge on any atom is 0.244 e. The highest BCUT2D eigenvalue weighted by Gasteiger charge is 2.18. The third-order valence-corrected chi connectivity index (χ3v) is 5.75. The van der Waals surface area contributed by atoms with E-state index in [0.717, 1.165) is 62.9 Å². The van der Waals surface area contributed by atoms with Gasteiger partial charge in [-0.15, -0.1) is 12.4 Å². The molecule has 1 saturated heterocycles. The summed E-state index contributed by atoms with van der Waals surface area (Å²) in [4.78, 5) is 14.5. The Morgan fingerprint density at radius 1 is 1.20 bits per heavy atom. The van der Waals surface area contributed by atoms with Crippen LogP contribution >= 0.6 is 12.4 Å². The highest BCUT2D eigenvalue weighted by Crippen LogP contribution is 2.28. The Morgan fingerprint density at radius 3 is 2.63 bits per heavy atom. The first-order valence-corrected chi connectivity index (χ1v) is 10.7. The van der Waals surface area contributed by atoms with Crippen molar-refractivity contribution in [3.63, 3.8) is 0 Å². The Labute approximate surface area is 186 Å². The molecule has 0 bridgehead atoms. The number of ether oxygens (including phenoxy) is 3. The number of nitrogens with zero attached hydrogens (tertiary/aromatic N) is 1. The van der Waals surface area contributed by atoms with Crippen molar-refractivity contribution in [2.75, 3.05) is 46.6 Å². The molecular formula is C23H35ClN2O4. The van der Waals surface area contributed by atoms with Crippen LogP contribution in [0.1, 0.15) is 38.2 Å². The van der Waals surface area contributed by atoms with E-state index in [1.807, 2.05) is 24.3 Å². The number of benzene rings is 1. The molecule has 0 atom stereocenters. The zero-order valence-electron chi connectivity index (χ0n) is 18.1. The predicted octanol–water partition coefficient (Wildman–Crippen LogP) is 3.54. The molecule has 30 heavy (non-hydrogen) atoms. The molecular weight excluding hydrogens is 404 g/mol. The van der Waals surface area contributed by atoms with E-state index in [2.05, 4.69) is 17.1 Å². The summed E-state index contributed by atoms with van der Waals surface area (Å²) in [7, 11) is 1.63. The Bertz CT molecular complexity index is 684. The lowest BCUT2D eigenvalue weighted by Gasteiger charge is -2.26. The zero-order valence-corrected chi connectivity index (χ0v) is 18.9. The number of halogens is 1. The smallest absolute Gasteiger partial charge is 0.244 e. The largest absolute Gasteiger partial charge is 0.493 e. The van der Waals surface area contributed by atoms with Crippen LogP contribution in [0.3, 0.4) is 0 Å². The minimum absolute atomic E-state index is 0. The molecule has 3 rings (SSSR count). The summed E-state index contributed by atoms with van der Waals surface area (Å²) in [6.07, 6.45) is 7.96. The fourth-order valence-corrected chi connectivity index (χ4v) is 3.84. The normalized spacial score (nSPS) is 22.3. The molecule has 1 aliphatic heterocycles. The fraction of sp³-hybridized carbons (Fsp3) is 0.609. The van der Waals surface area contributed by atoms with Crippen molar-refractivity contribution < 1.29 is 19.0 Å². The van der Waals surface area contributed by atoms with Gasteiger partial charge in [-0.05, 0) is 55.4 Å². The van der Waals surface area contributed by atoms with Gasteiger partial charge in [0.15, 0.2) is 11.5 Å². The van der Waals surface area contributed by atoms with Gasteiger partial charge in [-0.1, -0.05) is 13.0 Å². The SMILES string of the molecule is COc1cc(C=CC(=O)NC2CCC(C)CC2)ccc1OCCN1CCOCC1.Cl. The first-order chi connectivity index (χ1) is 14.1. The molecule has 0 unspecified atom stereocenters. The highest BCUT2D eigenvalue weighted by atomic mass is 35.5. The van der Waals surface area contributed by atoms with Crippen molar-refractivity contribution in [3.05, 3.63) is 29.8 Å². The van der Waals surface area contributed by atoms with Crippen molar-refractivity contribution in [3.8, 4) is 11.5 Å². The molecule has 1 heterocycles. The summed E-state index contributed by atoms with van der Waals surface area (Å²) in [6.45, 7) is 7.23. The number of methoxy groups -OCH3 is 1. The Hall–Kier alpha value is -1.76. The summed E-state index contributed by atoms with van der Waals surface area (Å²) in [5.41, 5.74) is 0.912. The van der Waals surface area contributed by atoms with Crippen LogP contribution in [0.2, 0.25) is 0 Å². The van der Waals surface area contributed by atoms with Crippen LogP contribution < -0.4 is 14.8 Å². The van der Waals surface area contributed by atoms with E-state index in [-0.39, 0.29) is 18.3 Å². The van der Waals surface area contributed by atoms with Crippen molar-refractivity contribution >= 4 is 24.4 Å². The molecule has 1 aromatic rings. The van der Waals surface area contributed by atoms with E-state index in [0.29, 0.717) is 18.4 Å². The van der Waals surface area contributed by atoms with Crippen molar-refractivity contribution in [2.24, 2.45) is 5.92 Å². The van der Waals surface area contributed by atoms with E-state index in [1.165, 1.54) is 12.8 Å². The summed E-state index contributed by atoms with van der Waals surface area (Å²) in [5.74, 6) is 2.14. The molecule has 2 aliphatic rings. The topological polar surface area (TPSA) is 60.0 Å². The average molecular weight is 439 g/mol. The monoisotopic (exact) mass is 438 g/mol. The third-order valence-electron chi connectivity index (χ3n) is 5.75. The molecule has 1 amide bonds. The van der Waals surface area contributed by atoms with Crippen LogP contribution in [0.15, 0.2) is 24.3 Å². The molecule has 1 N–H and O–H groups in total. The van der Waals surface area contributed by atoms with Gasteiger partial charge >= 0.3 is 0 Å². The third kappa shape index (κ3) is 7.82.